The van der Waals surface area contributed by atoms with Gasteiger partial charge in [0.15, 0.2) is 11.6 Å². The van der Waals surface area contributed by atoms with Crippen molar-refractivity contribution in [2.45, 2.75) is 26.8 Å². The molecule has 0 spiro atoms. The molecule has 2 aromatic carbocycles. The van der Waals surface area contributed by atoms with Crippen LogP contribution in [-0.2, 0) is 25.8 Å². The molecule has 0 bridgehead atoms. The molecule has 3 amide bonds. The summed E-state index contributed by atoms with van der Waals surface area (Å²) in [5.74, 6) is -5.61. The number of aliphatic hydroxyl groups excluding tert-OH is 1. The Labute approximate surface area is 224 Å². The number of amides is 3. The highest BCUT2D eigenvalue weighted by atomic mass is 127. The highest BCUT2D eigenvalue weighted by molar-refractivity contribution is 14.1. The molecule has 0 fully saturated rings. The molecule has 0 heterocycles. The third-order valence-electron chi connectivity index (χ3n) is 4.73. The molecule has 14 heteroatoms. The molecule has 0 aromatic heterocycles. The lowest BCUT2D eigenvalue weighted by Gasteiger charge is -2.22. The number of rotatable bonds is 13. The highest BCUT2D eigenvalue weighted by Gasteiger charge is 2.25. The van der Waals surface area contributed by atoms with Crippen molar-refractivity contribution in [1.82, 2.24) is 15.9 Å². The number of nitrogens with zero attached hydrogens (tertiary/aromatic N) is 1. The second-order valence-electron chi connectivity index (χ2n) is 7.43. The van der Waals surface area contributed by atoms with Gasteiger partial charge in [-0.3, -0.25) is 24.1 Å². The predicted molar refractivity (Wildman–Crippen MR) is 135 cm³/mol. The third kappa shape index (κ3) is 8.84. The largest absolute Gasteiger partial charge is 0.394 e. The molecule has 0 saturated carbocycles. The number of nitrogens with one attached hydrogen (secondary N) is 3. The summed E-state index contributed by atoms with van der Waals surface area (Å²) in [5, 5.41) is 14.5. The number of carbonyl (C=O) groups excluding carboxylic acids is 3. The van der Waals surface area contributed by atoms with E-state index in [-0.39, 0.29) is 37.8 Å². The zero-order chi connectivity index (χ0) is 27.5. The molecule has 0 aliphatic rings. The summed E-state index contributed by atoms with van der Waals surface area (Å²) >= 11 is 1.87. The maximum absolute atomic E-state index is 15.2. The van der Waals surface area contributed by atoms with E-state index in [0.29, 0.717) is 3.57 Å². The summed E-state index contributed by atoms with van der Waals surface area (Å²) in [7, 11) is 0. The van der Waals surface area contributed by atoms with Crippen LogP contribution in [0, 0.1) is 21.0 Å². The van der Waals surface area contributed by atoms with E-state index in [4.69, 9.17) is 14.8 Å². The first-order chi connectivity index (χ1) is 17.6. The Kier molecular flexibility index (Phi) is 12.0. The molecule has 0 radical (unpaired) electrons. The lowest BCUT2D eigenvalue weighted by atomic mass is 10.1. The van der Waals surface area contributed by atoms with Gasteiger partial charge in [0.25, 0.3) is 5.91 Å². The number of hydrogen-bond donors (Lipinski definition) is 4. The van der Waals surface area contributed by atoms with Crippen LogP contribution in [0.2, 0.25) is 0 Å². The Balaban J connectivity index is 2.40. The monoisotopic (exact) mass is 638 g/mol. The molecule has 0 saturated heterocycles. The number of benzene rings is 2. The summed E-state index contributed by atoms with van der Waals surface area (Å²) in [6.07, 6.45) is 0.250. The van der Waals surface area contributed by atoms with Crippen molar-refractivity contribution in [2.75, 3.05) is 31.7 Å². The summed E-state index contributed by atoms with van der Waals surface area (Å²) in [5.41, 5.74) is 0.190. The Morgan fingerprint density at radius 1 is 1.11 bits per heavy atom. The Morgan fingerprint density at radius 3 is 2.46 bits per heavy atom. The second kappa shape index (κ2) is 14.7. The van der Waals surface area contributed by atoms with E-state index in [2.05, 4.69) is 10.6 Å². The lowest BCUT2D eigenvalue weighted by molar-refractivity contribution is -0.187. The highest BCUT2D eigenvalue weighted by Crippen LogP contribution is 2.31. The Bertz CT molecular complexity index is 1140. The molecular formula is C23H26F3IN4O6. The van der Waals surface area contributed by atoms with Crippen LogP contribution in [0.15, 0.2) is 24.3 Å². The first-order valence-electron chi connectivity index (χ1n) is 11.0. The average molecular weight is 638 g/mol. The van der Waals surface area contributed by atoms with Crippen LogP contribution >= 0.6 is 22.6 Å². The van der Waals surface area contributed by atoms with E-state index in [1.54, 1.807) is 6.92 Å². The molecule has 2 rings (SSSR count). The maximum Gasteiger partial charge on any atom is 0.277 e. The van der Waals surface area contributed by atoms with Crippen LogP contribution < -0.4 is 16.1 Å². The van der Waals surface area contributed by atoms with Gasteiger partial charge in [0, 0.05) is 29.0 Å². The first kappa shape index (κ1) is 30.3. The van der Waals surface area contributed by atoms with E-state index in [1.165, 1.54) is 12.1 Å². The standard InChI is InChI=1S/C23H26F3IN4O6/c1-3-19(34)28-6-8-37-31(13(2)33)12-14-10-16(23(35)30-36-9-7-32)22(21(26)20(14)25)29-18-5-4-15(27)11-17(18)24/h4-5,10-11,29,32H,3,6-9,12H2,1-2H3,(H,28,34)(H,30,35). The average Bonchev–Trinajstić information content (AvgIpc) is 2.86. The fourth-order valence-electron chi connectivity index (χ4n) is 2.91. The molecular weight excluding hydrogens is 612 g/mol. The van der Waals surface area contributed by atoms with E-state index in [9.17, 15) is 18.8 Å². The van der Waals surface area contributed by atoms with E-state index in [1.807, 2.05) is 28.1 Å². The van der Waals surface area contributed by atoms with Gasteiger partial charge in [-0.2, -0.15) is 0 Å². The number of halogens is 4. The van der Waals surface area contributed by atoms with Crippen molar-refractivity contribution in [3.8, 4) is 0 Å². The molecule has 4 N–H and O–H groups in total. The zero-order valence-electron chi connectivity index (χ0n) is 20.0. The number of hydrogen-bond acceptors (Lipinski definition) is 7. The molecule has 37 heavy (non-hydrogen) atoms. The summed E-state index contributed by atoms with van der Waals surface area (Å²) < 4.78 is 45.3. The second-order valence-corrected chi connectivity index (χ2v) is 8.68. The van der Waals surface area contributed by atoms with Crippen LogP contribution in [0.1, 0.15) is 36.2 Å². The Hall–Kier alpha value is -2.95. The van der Waals surface area contributed by atoms with Gasteiger partial charge in [-0.15, -0.1) is 0 Å². The molecule has 10 nitrogen and oxygen atoms in total. The third-order valence-corrected chi connectivity index (χ3v) is 5.40. The summed E-state index contributed by atoms with van der Waals surface area (Å²) in [6, 6.07) is 4.92. The Morgan fingerprint density at radius 2 is 1.84 bits per heavy atom. The van der Waals surface area contributed by atoms with Crippen molar-refractivity contribution in [1.29, 1.82) is 0 Å². The van der Waals surface area contributed by atoms with Gasteiger partial charge in [-0.05, 0) is 46.9 Å². The molecule has 202 valence electrons. The molecule has 0 unspecified atom stereocenters. The zero-order valence-corrected chi connectivity index (χ0v) is 22.2. The maximum atomic E-state index is 15.2. The van der Waals surface area contributed by atoms with Crippen LogP contribution in [0.3, 0.4) is 0 Å². The smallest absolute Gasteiger partial charge is 0.277 e. The van der Waals surface area contributed by atoms with Gasteiger partial charge in [-0.1, -0.05) is 6.92 Å². The van der Waals surface area contributed by atoms with Crippen molar-refractivity contribution in [2.24, 2.45) is 0 Å². The molecule has 0 aliphatic heterocycles. The topological polar surface area (TPSA) is 129 Å². The van der Waals surface area contributed by atoms with E-state index < -0.39 is 59.2 Å². The fraction of sp³-hybridized carbons (Fsp3) is 0.348. The molecule has 0 aliphatic carbocycles. The van der Waals surface area contributed by atoms with Gasteiger partial charge in [0.2, 0.25) is 11.8 Å². The van der Waals surface area contributed by atoms with E-state index >= 15 is 8.78 Å². The predicted octanol–water partition coefficient (Wildman–Crippen LogP) is 2.91. The van der Waals surface area contributed by atoms with Crippen molar-refractivity contribution >= 4 is 51.7 Å². The first-order valence-corrected chi connectivity index (χ1v) is 12.1. The van der Waals surface area contributed by atoms with Gasteiger partial charge in [-0.25, -0.2) is 23.7 Å². The van der Waals surface area contributed by atoms with Crippen molar-refractivity contribution in [3.05, 3.63) is 56.4 Å². The molecule has 0 atom stereocenters. The van der Waals surface area contributed by atoms with Crippen LogP contribution in [0.5, 0.6) is 0 Å². The number of anilines is 2. The number of aliphatic hydroxyl groups is 1. The van der Waals surface area contributed by atoms with Crippen LogP contribution in [0.25, 0.3) is 0 Å². The number of hydroxylamine groups is 3. The minimum atomic E-state index is -1.51. The lowest BCUT2D eigenvalue weighted by Crippen LogP contribution is -2.34. The quantitative estimate of drug-likeness (QED) is 0.151. The van der Waals surface area contributed by atoms with Gasteiger partial charge >= 0.3 is 0 Å². The normalized spacial score (nSPS) is 10.7. The van der Waals surface area contributed by atoms with Gasteiger partial charge in [0.05, 0.1) is 43.3 Å². The summed E-state index contributed by atoms with van der Waals surface area (Å²) in [4.78, 5) is 46.1. The minimum Gasteiger partial charge on any atom is -0.394 e. The van der Waals surface area contributed by atoms with Gasteiger partial charge < -0.3 is 15.7 Å². The number of carbonyl (C=O) groups is 3. The molecule has 2 aromatic rings. The SMILES string of the molecule is CCC(=O)NCCON(Cc1cc(C(=O)NOCCO)c(Nc2ccc(I)cc2F)c(F)c1F)C(C)=O. The minimum absolute atomic E-state index is 0.0631. The van der Waals surface area contributed by atoms with Crippen LogP contribution in [-0.4, -0.2) is 54.3 Å². The van der Waals surface area contributed by atoms with Crippen LogP contribution in [0.4, 0.5) is 24.5 Å². The van der Waals surface area contributed by atoms with Crippen molar-refractivity contribution in [3.63, 3.8) is 0 Å². The van der Waals surface area contributed by atoms with Crippen molar-refractivity contribution < 1.29 is 42.3 Å². The van der Waals surface area contributed by atoms with E-state index in [0.717, 1.165) is 24.1 Å². The van der Waals surface area contributed by atoms with Gasteiger partial charge in [0.1, 0.15) is 5.82 Å². The fourth-order valence-corrected chi connectivity index (χ4v) is 3.36. The summed E-state index contributed by atoms with van der Waals surface area (Å²) in [6.45, 7) is 1.42.